The van der Waals surface area contributed by atoms with Crippen LogP contribution in [0, 0.1) is 0 Å². The van der Waals surface area contributed by atoms with E-state index in [9.17, 15) is 21.6 Å². The van der Waals surface area contributed by atoms with Crippen LogP contribution in [0.1, 0.15) is 26.3 Å². The van der Waals surface area contributed by atoms with E-state index in [2.05, 4.69) is 9.44 Å². The third kappa shape index (κ3) is 6.73. The van der Waals surface area contributed by atoms with Crippen LogP contribution in [0.5, 0.6) is 0 Å². The van der Waals surface area contributed by atoms with Gasteiger partial charge in [0, 0.05) is 11.6 Å². The molecule has 1 unspecified atom stereocenters. The van der Waals surface area contributed by atoms with Gasteiger partial charge in [0.05, 0.1) is 9.79 Å². The topological polar surface area (TPSA) is 142 Å². The Balaban J connectivity index is 2.19. The van der Waals surface area contributed by atoms with Gasteiger partial charge in [-0.05, 0) is 47.4 Å². The Morgan fingerprint density at radius 3 is 1.90 bits per heavy atom. The summed E-state index contributed by atoms with van der Waals surface area (Å²) in [6.45, 7) is 5.32. The number of benzene rings is 2. The van der Waals surface area contributed by atoms with Gasteiger partial charge in [-0.25, -0.2) is 27.0 Å². The van der Waals surface area contributed by atoms with Gasteiger partial charge in [-0.15, -0.1) is 0 Å². The first kappa shape index (κ1) is 25.2. The third-order valence-electron chi connectivity index (χ3n) is 4.36. The van der Waals surface area contributed by atoms with Gasteiger partial charge in [-0.2, -0.15) is 4.72 Å². The smallest absolute Gasteiger partial charge is 0.262 e. The van der Waals surface area contributed by atoms with Crippen LogP contribution in [-0.4, -0.2) is 40.5 Å². The first-order chi connectivity index (χ1) is 14.3. The van der Waals surface area contributed by atoms with E-state index in [1.165, 1.54) is 41.9 Å². The standard InChI is InChI=1S/C19H24ClN3O6S2/c1-19(2,3)13-4-8-15(9-5-13)30(26,27)21-12-17(18(24)22-25)23-31(28,29)16-10-6-14(20)7-11-16/h4-11,17,21,23,25H,12H2,1-3H3,(H,22,24). The Morgan fingerprint density at radius 2 is 1.42 bits per heavy atom. The Labute approximate surface area is 186 Å². The molecule has 0 fully saturated rings. The van der Waals surface area contributed by atoms with Gasteiger partial charge in [-0.1, -0.05) is 44.5 Å². The molecule has 0 aliphatic carbocycles. The van der Waals surface area contributed by atoms with E-state index < -0.39 is 38.5 Å². The molecule has 0 bridgehead atoms. The molecule has 0 radical (unpaired) electrons. The number of hydrogen-bond donors (Lipinski definition) is 4. The monoisotopic (exact) mass is 489 g/mol. The Hall–Kier alpha value is -2.02. The molecule has 1 amide bonds. The second-order valence-electron chi connectivity index (χ2n) is 7.73. The fraction of sp³-hybridized carbons (Fsp3) is 0.316. The maximum Gasteiger partial charge on any atom is 0.262 e. The van der Waals surface area contributed by atoms with Crippen LogP contribution in [-0.2, 0) is 30.3 Å². The molecule has 2 aromatic rings. The third-order valence-corrected chi connectivity index (χ3v) is 7.54. The van der Waals surface area contributed by atoms with Crippen molar-refractivity contribution in [3.8, 4) is 0 Å². The van der Waals surface area contributed by atoms with Crippen molar-refractivity contribution in [1.82, 2.24) is 14.9 Å². The zero-order valence-electron chi connectivity index (χ0n) is 17.1. The van der Waals surface area contributed by atoms with E-state index in [0.717, 1.165) is 5.56 Å². The summed E-state index contributed by atoms with van der Waals surface area (Å²) in [5.41, 5.74) is 2.09. The molecular weight excluding hydrogens is 466 g/mol. The molecule has 0 saturated heterocycles. The lowest BCUT2D eigenvalue weighted by atomic mass is 9.87. The molecule has 12 heteroatoms. The van der Waals surface area contributed by atoms with Gasteiger partial charge >= 0.3 is 0 Å². The molecule has 0 aliphatic heterocycles. The van der Waals surface area contributed by atoms with Crippen molar-refractivity contribution < 1.29 is 26.8 Å². The fourth-order valence-electron chi connectivity index (χ4n) is 2.55. The number of carbonyl (C=O) groups is 1. The second-order valence-corrected chi connectivity index (χ2v) is 11.6. The van der Waals surface area contributed by atoms with Crippen LogP contribution < -0.4 is 14.9 Å². The normalized spacial score (nSPS) is 13.6. The van der Waals surface area contributed by atoms with Crippen LogP contribution in [0.2, 0.25) is 5.02 Å². The number of amides is 1. The minimum atomic E-state index is -4.20. The summed E-state index contributed by atoms with van der Waals surface area (Å²) in [5, 5.41) is 9.25. The zero-order valence-corrected chi connectivity index (χ0v) is 19.5. The number of rotatable bonds is 8. The van der Waals surface area contributed by atoms with Crippen LogP contribution >= 0.6 is 11.6 Å². The fourth-order valence-corrected chi connectivity index (χ4v) is 4.91. The SMILES string of the molecule is CC(C)(C)c1ccc(S(=O)(=O)NCC(NS(=O)(=O)c2ccc(Cl)cc2)C(=O)NO)cc1. The predicted octanol–water partition coefficient (Wildman–Crippen LogP) is 1.77. The van der Waals surface area contributed by atoms with Gasteiger partial charge in [0.15, 0.2) is 0 Å². The molecule has 4 N–H and O–H groups in total. The molecule has 0 spiro atoms. The van der Waals surface area contributed by atoms with Crippen molar-refractivity contribution in [2.75, 3.05) is 6.54 Å². The minimum Gasteiger partial charge on any atom is -0.289 e. The Morgan fingerprint density at radius 1 is 0.935 bits per heavy atom. The zero-order chi connectivity index (χ0) is 23.4. The molecule has 2 rings (SSSR count). The van der Waals surface area contributed by atoms with Crippen molar-refractivity contribution in [2.45, 2.75) is 42.0 Å². The summed E-state index contributed by atoms with van der Waals surface area (Å²) in [7, 11) is -8.25. The Bertz CT molecular complexity index is 1130. The quantitative estimate of drug-likeness (QED) is 0.329. The lowest BCUT2D eigenvalue weighted by Gasteiger charge is -2.20. The van der Waals surface area contributed by atoms with Gasteiger partial charge < -0.3 is 0 Å². The first-order valence-electron chi connectivity index (χ1n) is 9.08. The largest absolute Gasteiger partial charge is 0.289 e. The van der Waals surface area contributed by atoms with E-state index in [1.54, 1.807) is 12.1 Å². The molecule has 31 heavy (non-hydrogen) atoms. The minimum absolute atomic E-state index is 0.0517. The van der Waals surface area contributed by atoms with Crippen LogP contribution in [0.15, 0.2) is 58.3 Å². The highest BCUT2D eigenvalue weighted by Gasteiger charge is 2.28. The molecule has 2 aromatic carbocycles. The molecule has 0 aromatic heterocycles. The number of hydrogen-bond acceptors (Lipinski definition) is 6. The van der Waals surface area contributed by atoms with Crippen LogP contribution in [0.4, 0.5) is 0 Å². The van der Waals surface area contributed by atoms with Crippen molar-refractivity contribution in [1.29, 1.82) is 0 Å². The molecule has 0 aliphatic rings. The molecule has 0 heterocycles. The van der Waals surface area contributed by atoms with Crippen LogP contribution in [0.3, 0.4) is 0 Å². The molecule has 0 saturated carbocycles. The summed E-state index contributed by atoms with van der Waals surface area (Å²) in [5.74, 6) is -1.14. The van der Waals surface area contributed by atoms with E-state index in [-0.39, 0.29) is 15.2 Å². The number of halogens is 1. The summed E-state index contributed by atoms with van der Waals surface area (Å²) >= 11 is 5.74. The summed E-state index contributed by atoms with van der Waals surface area (Å²) < 4.78 is 54.4. The molecule has 1 atom stereocenters. The van der Waals surface area contributed by atoms with Gasteiger partial charge in [0.1, 0.15) is 6.04 Å². The van der Waals surface area contributed by atoms with E-state index in [4.69, 9.17) is 16.8 Å². The summed E-state index contributed by atoms with van der Waals surface area (Å²) in [4.78, 5) is 11.7. The van der Waals surface area contributed by atoms with Crippen molar-refractivity contribution in [2.24, 2.45) is 0 Å². The second kappa shape index (κ2) is 9.63. The van der Waals surface area contributed by atoms with Crippen molar-refractivity contribution in [3.63, 3.8) is 0 Å². The maximum atomic E-state index is 12.6. The number of carbonyl (C=O) groups excluding carboxylic acids is 1. The predicted molar refractivity (Wildman–Crippen MR) is 116 cm³/mol. The molecule has 9 nitrogen and oxygen atoms in total. The molecular formula is C19H24ClN3O6S2. The average molecular weight is 490 g/mol. The highest BCUT2D eigenvalue weighted by molar-refractivity contribution is 7.90. The van der Waals surface area contributed by atoms with Gasteiger partial charge in [0.25, 0.3) is 5.91 Å². The first-order valence-corrected chi connectivity index (χ1v) is 12.4. The average Bonchev–Trinajstić information content (AvgIpc) is 2.70. The lowest BCUT2D eigenvalue weighted by Crippen LogP contribution is -2.51. The number of hydroxylamine groups is 1. The van der Waals surface area contributed by atoms with Gasteiger partial charge in [0.2, 0.25) is 20.0 Å². The van der Waals surface area contributed by atoms with Gasteiger partial charge in [-0.3, -0.25) is 10.0 Å². The summed E-state index contributed by atoms with van der Waals surface area (Å²) in [6, 6.07) is 9.71. The van der Waals surface area contributed by atoms with Crippen LogP contribution in [0.25, 0.3) is 0 Å². The highest BCUT2D eigenvalue weighted by Crippen LogP contribution is 2.23. The maximum absolute atomic E-state index is 12.6. The number of nitrogens with one attached hydrogen (secondary N) is 3. The van der Waals surface area contributed by atoms with E-state index in [1.807, 2.05) is 20.8 Å². The highest BCUT2D eigenvalue weighted by atomic mass is 35.5. The van der Waals surface area contributed by atoms with E-state index in [0.29, 0.717) is 5.02 Å². The number of sulfonamides is 2. The Kier molecular flexibility index (Phi) is 7.84. The van der Waals surface area contributed by atoms with Crippen molar-refractivity contribution in [3.05, 3.63) is 59.1 Å². The summed E-state index contributed by atoms with van der Waals surface area (Å²) in [6.07, 6.45) is 0. The van der Waals surface area contributed by atoms with Crippen molar-refractivity contribution >= 4 is 37.6 Å². The lowest BCUT2D eigenvalue weighted by molar-refractivity contribution is -0.130. The van der Waals surface area contributed by atoms with E-state index >= 15 is 0 Å². The molecule has 170 valence electrons.